The van der Waals surface area contributed by atoms with Gasteiger partial charge in [-0.2, -0.15) is 0 Å². The molecule has 26 heavy (non-hydrogen) atoms. The van der Waals surface area contributed by atoms with Crippen molar-refractivity contribution in [1.82, 2.24) is 0 Å². The minimum atomic E-state index is -0.626. The molecule has 0 amide bonds. The van der Waals surface area contributed by atoms with Crippen molar-refractivity contribution in [3.63, 3.8) is 0 Å². The topological polar surface area (TPSA) is 56.8 Å². The lowest BCUT2D eigenvalue weighted by Crippen LogP contribution is -2.30. The standard InChI is InChI=1S/C21H27NO4/c1-21(2,20(23)26-5)14-19(15-6-10-17(24-3)11-7-15)22-16-8-12-18(25-4)13-9-16/h6-13,19,22H,14H2,1-5H3/t19-/m0/s1. The summed E-state index contributed by atoms with van der Waals surface area (Å²) in [4.78, 5) is 12.2. The Morgan fingerprint density at radius 3 is 1.88 bits per heavy atom. The Kier molecular flexibility index (Phi) is 6.50. The molecule has 0 aromatic heterocycles. The first-order valence-electron chi connectivity index (χ1n) is 8.52. The molecule has 0 bridgehead atoms. The van der Waals surface area contributed by atoms with Gasteiger partial charge in [0.25, 0.3) is 0 Å². The molecular weight excluding hydrogens is 330 g/mol. The van der Waals surface area contributed by atoms with Gasteiger partial charge < -0.3 is 19.5 Å². The number of esters is 1. The Morgan fingerprint density at radius 2 is 1.42 bits per heavy atom. The van der Waals surface area contributed by atoms with Crippen LogP contribution in [-0.4, -0.2) is 27.3 Å². The number of nitrogens with one attached hydrogen (secondary N) is 1. The van der Waals surface area contributed by atoms with Crippen LogP contribution in [0.2, 0.25) is 0 Å². The van der Waals surface area contributed by atoms with Crippen LogP contribution < -0.4 is 14.8 Å². The highest BCUT2D eigenvalue weighted by Crippen LogP contribution is 2.34. The highest BCUT2D eigenvalue weighted by atomic mass is 16.5. The zero-order valence-electron chi connectivity index (χ0n) is 16.0. The first kappa shape index (κ1) is 19.6. The number of carbonyl (C=O) groups excluding carboxylic acids is 1. The van der Waals surface area contributed by atoms with Crippen LogP contribution in [-0.2, 0) is 9.53 Å². The predicted molar refractivity (Wildman–Crippen MR) is 103 cm³/mol. The molecule has 5 heteroatoms. The van der Waals surface area contributed by atoms with Crippen molar-refractivity contribution in [2.75, 3.05) is 26.6 Å². The third-order valence-electron chi connectivity index (χ3n) is 4.40. The monoisotopic (exact) mass is 357 g/mol. The molecule has 5 nitrogen and oxygen atoms in total. The number of carbonyl (C=O) groups is 1. The number of methoxy groups -OCH3 is 3. The molecule has 0 aliphatic carbocycles. The first-order chi connectivity index (χ1) is 12.4. The largest absolute Gasteiger partial charge is 0.497 e. The van der Waals surface area contributed by atoms with Crippen LogP contribution in [0.15, 0.2) is 48.5 Å². The average molecular weight is 357 g/mol. The minimum Gasteiger partial charge on any atom is -0.497 e. The molecule has 140 valence electrons. The summed E-state index contributed by atoms with van der Waals surface area (Å²) in [5, 5.41) is 3.52. The highest BCUT2D eigenvalue weighted by Gasteiger charge is 2.32. The minimum absolute atomic E-state index is 0.0663. The van der Waals surface area contributed by atoms with Crippen LogP contribution in [0.1, 0.15) is 31.9 Å². The predicted octanol–water partition coefficient (Wildman–Crippen LogP) is 4.45. The maximum Gasteiger partial charge on any atom is 0.311 e. The van der Waals surface area contributed by atoms with Crippen molar-refractivity contribution >= 4 is 11.7 Å². The number of ether oxygens (including phenoxy) is 3. The first-order valence-corrected chi connectivity index (χ1v) is 8.52. The van der Waals surface area contributed by atoms with Gasteiger partial charge in [0.05, 0.1) is 32.8 Å². The van der Waals surface area contributed by atoms with Gasteiger partial charge >= 0.3 is 5.97 Å². The van der Waals surface area contributed by atoms with Gasteiger partial charge in [0.15, 0.2) is 0 Å². The maximum atomic E-state index is 12.2. The van der Waals surface area contributed by atoms with Crippen LogP contribution in [0, 0.1) is 5.41 Å². The second-order valence-electron chi connectivity index (χ2n) is 6.78. The summed E-state index contributed by atoms with van der Waals surface area (Å²) >= 11 is 0. The van der Waals surface area contributed by atoms with Gasteiger partial charge in [-0.15, -0.1) is 0 Å². The second kappa shape index (κ2) is 8.61. The molecule has 1 N–H and O–H groups in total. The van der Waals surface area contributed by atoms with E-state index in [0.29, 0.717) is 6.42 Å². The summed E-state index contributed by atoms with van der Waals surface area (Å²) in [5.74, 6) is 1.36. The molecule has 0 saturated carbocycles. The fraction of sp³-hybridized carbons (Fsp3) is 0.381. The number of hydrogen-bond donors (Lipinski definition) is 1. The summed E-state index contributed by atoms with van der Waals surface area (Å²) in [5.41, 5.74) is 1.39. The van der Waals surface area contributed by atoms with Gasteiger partial charge in [-0.05, 0) is 62.2 Å². The van der Waals surface area contributed by atoms with E-state index < -0.39 is 5.41 Å². The molecule has 2 rings (SSSR count). The van der Waals surface area contributed by atoms with Crippen molar-refractivity contribution in [1.29, 1.82) is 0 Å². The zero-order valence-corrected chi connectivity index (χ0v) is 16.0. The number of rotatable bonds is 8. The molecule has 0 saturated heterocycles. The molecule has 0 fully saturated rings. The van der Waals surface area contributed by atoms with Crippen LogP contribution in [0.3, 0.4) is 0 Å². The van der Waals surface area contributed by atoms with Gasteiger partial charge in [-0.25, -0.2) is 0 Å². The van der Waals surface area contributed by atoms with E-state index in [4.69, 9.17) is 14.2 Å². The summed E-state index contributed by atoms with van der Waals surface area (Å²) in [7, 11) is 4.70. The van der Waals surface area contributed by atoms with Crippen LogP contribution >= 0.6 is 0 Å². The lowest BCUT2D eigenvalue weighted by molar-refractivity contribution is -0.151. The van der Waals surface area contributed by atoms with E-state index in [2.05, 4.69) is 5.32 Å². The molecule has 0 aliphatic rings. The number of benzene rings is 2. The Labute approximate surface area is 155 Å². The summed E-state index contributed by atoms with van der Waals surface area (Å²) in [6, 6.07) is 15.5. The molecule has 0 unspecified atom stereocenters. The van der Waals surface area contributed by atoms with Gasteiger partial charge in [0.1, 0.15) is 11.5 Å². The SMILES string of the molecule is COC(=O)C(C)(C)C[C@H](Nc1ccc(OC)cc1)c1ccc(OC)cc1. The summed E-state index contributed by atoms with van der Waals surface area (Å²) < 4.78 is 15.4. The second-order valence-corrected chi connectivity index (χ2v) is 6.78. The van der Waals surface area contributed by atoms with Gasteiger partial charge in [-0.1, -0.05) is 12.1 Å². The smallest absolute Gasteiger partial charge is 0.311 e. The molecule has 0 aliphatic heterocycles. The third-order valence-corrected chi connectivity index (χ3v) is 4.40. The van der Waals surface area contributed by atoms with E-state index in [9.17, 15) is 4.79 Å². The van der Waals surface area contributed by atoms with Crippen molar-refractivity contribution < 1.29 is 19.0 Å². The molecule has 0 spiro atoms. The maximum absolute atomic E-state index is 12.2. The van der Waals surface area contributed by atoms with E-state index in [0.717, 1.165) is 22.7 Å². The fourth-order valence-electron chi connectivity index (χ4n) is 2.85. The number of hydrogen-bond acceptors (Lipinski definition) is 5. The Hall–Kier alpha value is -2.69. The normalized spacial score (nSPS) is 12.2. The van der Waals surface area contributed by atoms with E-state index in [1.807, 2.05) is 62.4 Å². The van der Waals surface area contributed by atoms with Crippen LogP contribution in [0.4, 0.5) is 5.69 Å². The van der Waals surface area contributed by atoms with Crippen LogP contribution in [0.5, 0.6) is 11.5 Å². The van der Waals surface area contributed by atoms with Gasteiger partial charge in [0, 0.05) is 5.69 Å². The lowest BCUT2D eigenvalue weighted by Gasteiger charge is -2.29. The molecule has 0 heterocycles. The Bertz CT molecular complexity index is 708. The molecule has 0 radical (unpaired) electrons. The van der Waals surface area contributed by atoms with Crippen molar-refractivity contribution in [3.05, 3.63) is 54.1 Å². The summed E-state index contributed by atoms with van der Waals surface area (Å²) in [6.45, 7) is 3.79. The molecule has 2 aromatic carbocycles. The fourth-order valence-corrected chi connectivity index (χ4v) is 2.85. The Morgan fingerprint density at radius 1 is 0.923 bits per heavy atom. The summed E-state index contributed by atoms with van der Waals surface area (Å²) in [6.07, 6.45) is 0.581. The highest BCUT2D eigenvalue weighted by molar-refractivity contribution is 5.76. The van der Waals surface area contributed by atoms with Crippen molar-refractivity contribution in [3.8, 4) is 11.5 Å². The number of anilines is 1. The zero-order chi connectivity index (χ0) is 19.2. The van der Waals surface area contributed by atoms with E-state index in [-0.39, 0.29) is 12.0 Å². The quantitative estimate of drug-likeness (QED) is 0.708. The average Bonchev–Trinajstić information content (AvgIpc) is 2.67. The van der Waals surface area contributed by atoms with Crippen molar-refractivity contribution in [2.24, 2.45) is 5.41 Å². The van der Waals surface area contributed by atoms with Crippen molar-refractivity contribution in [2.45, 2.75) is 26.3 Å². The molecule has 1 atom stereocenters. The molecule has 2 aromatic rings. The van der Waals surface area contributed by atoms with E-state index >= 15 is 0 Å². The Balaban J connectivity index is 2.28. The van der Waals surface area contributed by atoms with E-state index in [1.165, 1.54) is 7.11 Å². The van der Waals surface area contributed by atoms with Gasteiger partial charge in [-0.3, -0.25) is 4.79 Å². The third kappa shape index (κ3) is 4.91. The van der Waals surface area contributed by atoms with Crippen LogP contribution in [0.25, 0.3) is 0 Å². The molecular formula is C21H27NO4. The van der Waals surface area contributed by atoms with Gasteiger partial charge in [0.2, 0.25) is 0 Å². The van der Waals surface area contributed by atoms with E-state index in [1.54, 1.807) is 14.2 Å². The lowest BCUT2D eigenvalue weighted by atomic mass is 9.83.